The number of benzene rings is 3. The molecule has 0 bridgehead atoms. The van der Waals surface area contributed by atoms with Gasteiger partial charge in [0.05, 0.1) is 16.8 Å². The molecule has 0 unspecified atom stereocenters. The summed E-state index contributed by atoms with van der Waals surface area (Å²) in [5, 5.41) is 0.798. The summed E-state index contributed by atoms with van der Waals surface area (Å²) in [5.74, 6) is -0.689. The number of aromatic nitrogens is 1. The summed E-state index contributed by atoms with van der Waals surface area (Å²) in [5.41, 5.74) is 6.14. The molecule has 0 saturated heterocycles. The SMILES string of the molecule is O=C(OCc1ccc(F)cc1)c1c2c(nc3ccccc13)/C(=C/c1ccccc1)CC2. The standard InChI is InChI=1S/C27H20FNO2/c28-21-13-10-19(11-14-21)17-31-27(30)25-22-8-4-5-9-24(22)29-26-20(12-15-23(25)26)16-18-6-2-1-3-7-18/h1-11,13-14,16H,12,15,17H2/b20-16+. The maximum Gasteiger partial charge on any atom is 0.339 e. The van der Waals surface area contributed by atoms with Gasteiger partial charge in [0.2, 0.25) is 0 Å². The highest BCUT2D eigenvalue weighted by molar-refractivity contribution is 6.07. The van der Waals surface area contributed by atoms with E-state index in [4.69, 9.17) is 9.72 Å². The monoisotopic (exact) mass is 409 g/mol. The fourth-order valence-electron chi connectivity index (χ4n) is 4.06. The van der Waals surface area contributed by atoms with E-state index >= 15 is 0 Å². The summed E-state index contributed by atoms with van der Waals surface area (Å²) in [6.07, 6.45) is 3.71. The Balaban J connectivity index is 1.54. The second-order valence-corrected chi connectivity index (χ2v) is 7.61. The van der Waals surface area contributed by atoms with E-state index in [-0.39, 0.29) is 18.4 Å². The first-order valence-electron chi connectivity index (χ1n) is 10.3. The molecule has 0 fully saturated rings. The Labute approximate surface area is 179 Å². The molecule has 0 spiro atoms. The lowest BCUT2D eigenvalue weighted by Gasteiger charge is -2.12. The van der Waals surface area contributed by atoms with Gasteiger partial charge in [-0.3, -0.25) is 0 Å². The van der Waals surface area contributed by atoms with E-state index in [0.29, 0.717) is 5.56 Å². The molecule has 0 amide bonds. The van der Waals surface area contributed by atoms with Gasteiger partial charge in [0.1, 0.15) is 12.4 Å². The molecule has 0 atom stereocenters. The molecule has 152 valence electrons. The van der Waals surface area contributed by atoms with Crippen LogP contribution < -0.4 is 0 Å². The minimum Gasteiger partial charge on any atom is -0.457 e. The van der Waals surface area contributed by atoms with Crippen molar-refractivity contribution in [2.75, 3.05) is 0 Å². The van der Waals surface area contributed by atoms with Crippen LogP contribution in [0.1, 0.15) is 39.2 Å². The van der Waals surface area contributed by atoms with Crippen LogP contribution in [0.5, 0.6) is 0 Å². The number of fused-ring (bicyclic) bond motifs is 2. The van der Waals surface area contributed by atoms with Gasteiger partial charge in [-0.1, -0.05) is 60.7 Å². The first-order chi connectivity index (χ1) is 15.2. The highest BCUT2D eigenvalue weighted by Crippen LogP contribution is 2.37. The molecule has 4 aromatic rings. The number of carbonyl (C=O) groups excluding carboxylic acids is 1. The highest BCUT2D eigenvalue weighted by atomic mass is 19.1. The van der Waals surface area contributed by atoms with Crippen molar-refractivity contribution < 1.29 is 13.9 Å². The summed E-state index contributed by atoms with van der Waals surface area (Å²) < 4.78 is 18.8. The predicted octanol–water partition coefficient (Wildman–Crippen LogP) is 6.22. The van der Waals surface area contributed by atoms with Gasteiger partial charge in [-0.05, 0) is 59.4 Å². The number of pyridine rings is 1. The Morgan fingerprint density at radius 2 is 1.68 bits per heavy atom. The largest absolute Gasteiger partial charge is 0.457 e. The number of hydrogen-bond acceptors (Lipinski definition) is 3. The van der Waals surface area contributed by atoms with Crippen LogP contribution in [0.2, 0.25) is 0 Å². The van der Waals surface area contributed by atoms with Gasteiger partial charge in [0.25, 0.3) is 0 Å². The van der Waals surface area contributed by atoms with Crippen LogP contribution >= 0.6 is 0 Å². The summed E-state index contributed by atoms with van der Waals surface area (Å²) in [6.45, 7) is 0.0945. The van der Waals surface area contributed by atoms with Crippen LogP contribution in [-0.2, 0) is 17.8 Å². The van der Waals surface area contributed by atoms with Gasteiger partial charge in [-0.15, -0.1) is 0 Å². The second kappa shape index (κ2) is 8.15. The number of rotatable bonds is 4. The molecule has 0 saturated carbocycles. The number of ether oxygens (including phenoxy) is 1. The van der Waals surface area contributed by atoms with Crippen molar-refractivity contribution in [3.63, 3.8) is 0 Å². The van der Waals surface area contributed by atoms with E-state index in [1.165, 1.54) is 12.1 Å². The summed E-state index contributed by atoms with van der Waals surface area (Å²) >= 11 is 0. The quantitative estimate of drug-likeness (QED) is 0.376. The van der Waals surface area contributed by atoms with E-state index in [0.717, 1.165) is 51.7 Å². The molecular formula is C27H20FNO2. The Kier molecular flexibility index (Phi) is 5.04. The van der Waals surface area contributed by atoms with Crippen molar-refractivity contribution in [1.29, 1.82) is 0 Å². The zero-order valence-electron chi connectivity index (χ0n) is 16.8. The van der Waals surface area contributed by atoms with E-state index in [2.05, 4.69) is 18.2 Å². The predicted molar refractivity (Wildman–Crippen MR) is 120 cm³/mol. The molecule has 4 heteroatoms. The minimum absolute atomic E-state index is 0.0945. The lowest BCUT2D eigenvalue weighted by Crippen LogP contribution is -2.10. The number of carbonyl (C=O) groups is 1. The van der Waals surface area contributed by atoms with Gasteiger partial charge in [0.15, 0.2) is 0 Å². The molecule has 1 aliphatic carbocycles. The minimum atomic E-state index is -0.375. The average Bonchev–Trinajstić information content (AvgIpc) is 3.19. The van der Waals surface area contributed by atoms with E-state index in [1.807, 2.05) is 42.5 Å². The van der Waals surface area contributed by atoms with E-state index in [1.54, 1.807) is 12.1 Å². The Morgan fingerprint density at radius 1 is 0.935 bits per heavy atom. The number of nitrogens with zero attached hydrogens (tertiary/aromatic N) is 1. The molecule has 31 heavy (non-hydrogen) atoms. The number of hydrogen-bond donors (Lipinski definition) is 0. The van der Waals surface area contributed by atoms with E-state index in [9.17, 15) is 9.18 Å². The van der Waals surface area contributed by atoms with Crippen LogP contribution in [0.3, 0.4) is 0 Å². The number of para-hydroxylation sites is 1. The van der Waals surface area contributed by atoms with Crippen LogP contribution in [0.4, 0.5) is 4.39 Å². The smallest absolute Gasteiger partial charge is 0.339 e. The third-order valence-electron chi connectivity index (χ3n) is 5.57. The fraction of sp³-hybridized carbons (Fsp3) is 0.111. The van der Waals surface area contributed by atoms with Gasteiger partial charge in [0, 0.05) is 5.39 Å². The van der Waals surface area contributed by atoms with Crippen molar-refractivity contribution in [3.8, 4) is 0 Å². The summed E-state index contributed by atoms with van der Waals surface area (Å²) in [7, 11) is 0. The second-order valence-electron chi connectivity index (χ2n) is 7.61. The normalized spacial score (nSPS) is 14.0. The van der Waals surface area contributed by atoms with Crippen LogP contribution in [0.25, 0.3) is 22.6 Å². The van der Waals surface area contributed by atoms with Crippen LogP contribution in [-0.4, -0.2) is 11.0 Å². The highest BCUT2D eigenvalue weighted by Gasteiger charge is 2.27. The molecule has 5 rings (SSSR count). The maximum absolute atomic E-state index is 13.2. The number of allylic oxidation sites excluding steroid dienone is 1. The zero-order valence-corrected chi connectivity index (χ0v) is 16.8. The van der Waals surface area contributed by atoms with Crippen molar-refractivity contribution in [3.05, 3.63) is 113 Å². The van der Waals surface area contributed by atoms with Gasteiger partial charge in [-0.25, -0.2) is 14.2 Å². The molecule has 1 aromatic heterocycles. The molecule has 3 aromatic carbocycles. The lowest BCUT2D eigenvalue weighted by molar-refractivity contribution is 0.0474. The first kappa shape index (κ1) is 19.2. The molecule has 0 radical (unpaired) electrons. The fourth-order valence-corrected chi connectivity index (χ4v) is 4.06. The van der Waals surface area contributed by atoms with Crippen molar-refractivity contribution in [2.24, 2.45) is 0 Å². The Morgan fingerprint density at radius 3 is 2.48 bits per heavy atom. The van der Waals surface area contributed by atoms with Crippen LogP contribution in [0.15, 0.2) is 78.9 Å². The average molecular weight is 409 g/mol. The zero-order chi connectivity index (χ0) is 21.2. The number of esters is 1. The molecule has 1 aliphatic rings. The summed E-state index contributed by atoms with van der Waals surface area (Å²) in [4.78, 5) is 18.1. The first-order valence-corrected chi connectivity index (χ1v) is 10.3. The third kappa shape index (κ3) is 3.84. The van der Waals surface area contributed by atoms with Crippen molar-refractivity contribution >= 4 is 28.5 Å². The van der Waals surface area contributed by atoms with Crippen LogP contribution in [0, 0.1) is 5.82 Å². The number of halogens is 1. The maximum atomic E-state index is 13.2. The Bertz CT molecular complexity index is 1290. The Hall–Kier alpha value is -3.79. The molecular weight excluding hydrogens is 389 g/mol. The lowest BCUT2D eigenvalue weighted by atomic mass is 10.0. The van der Waals surface area contributed by atoms with Gasteiger partial charge in [-0.2, -0.15) is 0 Å². The van der Waals surface area contributed by atoms with E-state index < -0.39 is 0 Å². The molecule has 0 aliphatic heterocycles. The topological polar surface area (TPSA) is 39.2 Å². The molecule has 1 heterocycles. The molecule has 3 nitrogen and oxygen atoms in total. The van der Waals surface area contributed by atoms with Gasteiger partial charge < -0.3 is 4.74 Å². The summed E-state index contributed by atoms with van der Waals surface area (Å²) in [6, 6.07) is 23.8. The molecule has 0 N–H and O–H groups in total. The van der Waals surface area contributed by atoms with Crippen molar-refractivity contribution in [2.45, 2.75) is 19.4 Å². The van der Waals surface area contributed by atoms with Gasteiger partial charge >= 0.3 is 5.97 Å². The third-order valence-corrected chi connectivity index (χ3v) is 5.57. The van der Waals surface area contributed by atoms with Crippen molar-refractivity contribution in [1.82, 2.24) is 4.98 Å².